The Morgan fingerprint density at radius 3 is 3.04 bits per heavy atom. The van der Waals surface area contributed by atoms with Gasteiger partial charge < -0.3 is 9.32 Å². The Labute approximate surface area is 156 Å². The average Bonchev–Trinajstić information content (AvgIpc) is 3.30. The van der Waals surface area contributed by atoms with Crippen molar-refractivity contribution in [2.24, 2.45) is 5.92 Å². The van der Waals surface area contributed by atoms with Crippen LogP contribution in [0.4, 0.5) is 0 Å². The van der Waals surface area contributed by atoms with Crippen LogP contribution < -0.4 is 4.90 Å². The Hall–Kier alpha value is -1.03. The lowest BCUT2D eigenvalue weighted by atomic mass is 10.1. The summed E-state index contributed by atoms with van der Waals surface area (Å²) in [5.41, 5.74) is 0. The molecule has 2 aromatic heterocycles. The summed E-state index contributed by atoms with van der Waals surface area (Å²) in [6, 6.07) is 4.81. The third-order valence-corrected chi connectivity index (χ3v) is 8.28. The highest BCUT2D eigenvalue weighted by Gasteiger charge is 2.32. The van der Waals surface area contributed by atoms with Crippen molar-refractivity contribution in [2.45, 2.75) is 38.4 Å². The average molecular weight is 401 g/mol. The zero-order valence-corrected chi connectivity index (χ0v) is 16.3. The number of rotatable bonds is 5. The molecule has 4 heterocycles. The van der Waals surface area contributed by atoms with Crippen LogP contribution in [0.1, 0.15) is 36.1 Å². The summed E-state index contributed by atoms with van der Waals surface area (Å²) in [4.78, 5) is 3.26. The highest BCUT2D eigenvalue weighted by molar-refractivity contribution is 7.91. The van der Waals surface area contributed by atoms with Gasteiger partial charge in [0.25, 0.3) is 4.84 Å². The number of hydrogen-bond acceptors (Lipinski definition) is 6. The largest absolute Gasteiger partial charge is 0.414 e. The molecule has 0 amide bonds. The zero-order chi connectivity index (χ0) is 17.4. The minimum Gasteiger partial charge on any atom is -0.414 e. The number of likely N-dealkylation sites (tertiary alicyclic amines) is 1. The Morgan fingerprint density at radius 2 is 2.32 bits per heavy atom. The third kappa shape index (κ3) is 3.89. The molecule has 2 aliphatic heterocycles. The first kappa shape index (κ1) is 17.4. The molecule has 2 fully saturated rings. The van der Waals surface area contributed by atoms with Gasteiger partial charge in [-0.2, -0.15) is 4.68 Å². The fraction of sp³-hybridized carbons (Fsp3) is 0.625. The predicted octanol–water partition coefficient (Wildman–Crippen LogP) is 1.62. The van der Waals surface area contributed by atoms with Crippen molar-refractivity contribution >= 4 is 33.4 Å². The molecular formula is C16H22N3O3S3+. The summed E-state index contributed by atoms with van der Waals surface area (Å²) in [7, 11) is -2.88. The standard InChI is InChI=1S/C16H21N3O3S3/c20-25(21)8-5-12(10-25)9-15-17-19(16(23)22-15)11-18-6-1-3-13(18)14-4-2-7-24-14/h2,4,7,12-13H,1,3,5-6,8-11H2/p+1/t12-,13-/m0/s1. The van der Waals surface area contributed by atoms with E-state index in [1.165, 1.54) is 22.6 Å². The maximum absolute atomic E-state index is 11.6. The van der Waals surface area contributed by atoms with E-state index in [4.69, 9.17) is 16.6 Å². The van der Waals surface area contributed by atoms with Crippen LogP contribution in [0.5, 0.6) is 0 Å². The Balaban J connectivity index is 1.45. The topological polar surface area (TPSA) is 69.5 Å². The molecule has 6 nitrogen and oxygen atoms in total. The van der Waals surface area contributed by atoms with Crippen LogP contribution in [0.15, 0.2) is 21.9 Å². The van der Waals surface area contributed by atoms with Gasteiger partial charge in [0.15, 0.2) is 16.5 Å². The molecule has 0 bridgehead atoms. The number of nitrogens with zero attached hydrogens (tertiary/aromatic N) is 2. The van der Waals surface area contributed by atoms with E-state index < -0.39 is 9.84 Å². The summed E-state index contributed by atoms with van der Waals surface area (Å²) in [6.45, 7) is 1.81. The highest BCUT2D eigenvalue weighted by atomic mass is 32.2. The minimum absolute atomic E-state index is 0.101. The molecular weight excluding hydrogens is 378 g/mol. The lowest BCUT2D eigenvalue weighted by molar-refractivity contribution is -0.941. The van der Waals surface area contributed by atoms with E-state index in [0.717, 1.165) is 6.54 Å². The van der Waals surface area contributed by atoms with Gasteiger partial charge in [-0.15, -0.1) is 16.4 Å². The first-order valence-corrected chi connectivity index (χ1v) is 11.8. The second-order valence-electron chi connectivity index (χ2n) is 7.01. The van der Waals surface area contributed by atoms with E-state index in [2.05, 4.69) is 22.6 Å². The summed E-state index contributed by atoms with van der Waals surface area (Å²) in [6.07, 6.45) is 3.64. The van der Waals surface area contributed by atoms with Gasteiger partial charge in [-0.05, 0) is 36.0 Å². The van der Waals surface area contributed by atoms with Crippen LogP contribution in [0, 0.1) is 10.8 Å². The third-order valence-electron chi connectivity index (χ3n) is 5.16. The summed E-state index contributed by atoms with van der Waals surface area (Å²) in [5.74, 6) is 1.18. The molecule has 2 aliphatic rings. The number of quaternary nitrogens is 1. The van der Waals surface area contributed by atoms with Crippen LogP contribution in [-0.2, 0) is 22.9 Å². The molecule has 9 heteroatoms. The molecule has 25 heavy (non-hydrogen) atoms. The van der Waals surface area contributed by atoms with Crippen molar-refractivity contribution in [3.63, 3.8) is 0 Å². The zero-order valence-electron chi connectivity index (χ0n) is 13.9. The molecule has 1 N–H and O–H groups in total. The van der Waals surface area contributed by atoms with Gasteiger partial charge in [0.1, 0.15) is 6.04 Å². The van der Waals surface area contributed by atoms with E-state index in [1.54, 1.807) is 4.68 Å². The molecule has 2 saturated heterocycles. The molecule has 0 radical (unpaired) electrons. The second kappa shape index (κ2) is 6.94. The van der Waals surface area contributed by atoms with Gasteiger partial charge in [0, 0.05) is 19.3 Å². The first-order valence-electron chi connectivity index (χ1n) is 8.65. The van der Waals surface area contributed by atoms with Crippen molar-refractivity contribution in [3.05, 3.63) is 33.1 Å². The van der Waals surface area contributed by atoms with Gasteiger partial charge in [-0.3, -0.25) is 0 Å². The van der Waals surface area contributed by atoms with E-state index in [-0.39, 0.29) is 17.4 Å². The van der Waals surface area contributed by atoms with Gasteiger partial charge in [-0.1, -0.05) is 6.07 Å². The molecule has 0 saturated carbocycles. The van der Waals surface area contributed by atoms with Gasteiger partial charge >= 0.3 is 0 Å². The summed E-state index contributed by atoms with van der Waals surface area (Å²) in [5, 5.41) is 6.66. The van der Waals surface area contributed by atoms with Crippen LogP contribution in [0.3, 0.4) is 0 Å². The minimum atomic E-state index is -2.88. The van der Waals surface area contributed by atoms with Crippen molar-refractivity contribution < 1.29 is 17.7 Å². The van der Waals surface area contributed by atoms with E-state index in [1.807, 2.05) is 11.3 Å². The van der Waals surface area contributed by atoms with Crippen molar-refractivity contribution in [3.8, 4) is 0 Å². The number of nitrogens with one attached hydrogen (secondary N) is 1. The Kier molecular flexibility index (Phi) is 4.83. The fourth-order valence-electron chi connectivity index (χ4n) is 3.94. The molecule has 3 atom stereocenters. The first-order chi connectivity index (χ1) is 12.0. The van der Waals surface area contributed by atoms with Crippen LogP contribution in [0.25, 0.3) is 0 Å². The summed E-state index contributed by atoms with van der Waals surface area (Å²) < 4.78 is 30.6. The monoisotopic (exact) mass is 400 g/mol. The quantitative estimate of drug-likeness (QED) is 0.773. The van der Waals surface area contributed by atoms with E-state index >= 15 is 0 Å². The molecule has 0 aromatic carbocycles. The molecule has 2 aromatic rings. The van der Waals surface area contributed by atoms with Gasteiger partial charge in [0.2, 0.25) is 5.89 Å². The fourth-order valence-corrected chi connectivity index (χ4v) is 6.92. The highest BCUT2D eigenvalue weighted by Crippen LogP contribution is 2.24. The number of sulfone groups is 1. The maximum atomic E-state index is 11.6. The van der Waals surface area contributed by atoms with E-state index in [0.29, 0.717) is 36.3 Å². The van der Waals surface area contributed by atoms with Crippen molar-refractivity contribution in [1.29, 1.82) is 0 Å². The molecule has 0 spiro atoms. The van der Waals surface area contributed by atoms with Crippen molar-refractivity contribution in [1.82, 2.24) is 9.78 Å². The predicted molar refractivity (Wildman–Crippen MR) is 97.9 cm³/mol. The second-order valence-corrected chi connectivity index (χ2v) is 10.6. The number of hydrogen-bond donors (Lipinski definition) is 1. The molecule has 1 unspecified atom stereocenters. The van der Waals surface area contributed by atoms with Crippen LogP contribution >= 0.6 is 23.6 Å². The lowest BCUT2D eigenvalue weighted by Gasteiger charge is -2.19. The normalized spacial score (nSPS) is 28.6. The molecule has 0 aliphatic carbocycles. The lowest BCUT2D eigenvalue weighted by Crippen LogP contribution is -3.09. The SMILES string of the molecule is O=S1(=O)CC[C@@H](Cc2nn(C[NH+]3CCC[C@H]3c3cccs3)c(=S)o2)C1. The molecule has 4 rings (SSSR count). The van der Waals surface area contributed by atoms with Crippen molar-refractivity contribution in [2.75, 3.05) is 18.1 Å². The van der Waals surface area contributed by atoms with Gasteiger partial charge in [0.05, 0.1) is 22.9 Å². The van der Waals surface area contributed by atoms with Gasteiger partial charge in [-0.25, -0.2) is 8.42 Å². The number of thiophene rings is 1. The smallest absolute Gasteiger partial charge is 0.291 e. The van der Waals surface area contributed by atoms with E-state index in [9.17, 15) is 8.42 Å². The molecule has 136 valence electrons. The van der Waals surface area contributed by atoms with Crippen LogP contribution in [-0.4, -0.2) is 36.2 Å². The number of aromatic nitrogens is 2. The Bertz CT molecular complexity index is 885. The maximum Gasteiger partial charge on any atom is 0.291 e. The summed E-state index contributed by atoms with van der Waals surface area (Å²) >= 11 is 7.15. The Morgan fingerprint density at radius 1 is 1.44 bits per heavy atom. The van der Waals surface area contributed by atoms with Crippen LogP contribution in [0.2, 0.25) is 0 Å².